The van der Waals surface area contributed by atoms with Crippen LogP contribution < -0.4 is 0 Å². The highest BCUT2D eigenvalue weighted by molar-refractivity contribution is 5.87. The number of ketones is 1. The van der Waals surface area contributed by atoms with Gasteiger partial charge in [-0.15, -0.1) is 0 Å². The third-order valence-electron chi connectivity index (χ3n) is 10.0. The Morgan fingerprint density at radius 1 is 0.963 bits per heavy atom. The zero-order valence-electron chi connectivity index (χ0n) is 18.1. The van der Waals surface area contributed by atoms with E-state index in [0.717, 1.165) is 50.4 Å². The summed E-state index contributed by atoms with van der Waals surface area (Å²) in [7, 11) is 0. The van der Waals surface area contributed by atoms with Crippen LogP contribution in [0.2, 0.25) is 0 Å². The van der Waals surface area contributed by atoms with Crippen LogP contribution in [-0.2, 0) is 4.79 Å². The van der Waals surface area contributed by atoms with Crippen molar-refractivity contribution in [2.24, 2.45) is 34.5 Å². The smallest absolute Gasteiger partial charge is 0.139 e. The van der Waals surface area contributed by atoms with Gasteiger partial charge in [-0.3, -0.25) is 4.79 Å². The predicted molar refractivity (Wildman–Crippen MR) is 110 cm³/mol. The molecule has 0 aromatic carbocycles. The Labute approximate surface area is 166 Å². The Kier molecular flexibility index (Phi) is 5.28. The molecule has 4 saturated carbocycles. The number of hydrogen-bond donors (Lipinski definition) is 1. The van der Waals surface area contributed by atoms with Crippen molar-refractivity contribution in [1.82, 2.24) is 0 Å². The van der Waals surface area contributed by atoms with Crippen molar-refractivity contribution in [2.75, 3.05) is 0 Å². The summed E-state index contributed by atoms with van der Waals surface area (Å²) in [4.78, 5) is 12.6. The van der Waals surface area contributed by atoms with Crippen LogP contribution in [0.15, 0.2) is 0 Å². The van der Waals surface area contributed by atoms with E-state index >= 15 is 0 Å². The SMILES string of the molecule is CCCCCC[C@@]1(O)CC[C@@]2(C)C(CC[C@@H]3[C@@H]2CC[C@]2(C)C(=O)CC[C@@H]32)C1. The van der Waals surface area contributed by atoms with Crippen molar-refractivity contribution in [2.45, 2.75) is 116 Å². The van der Waals surface area contributed by atoms with Crippen molar-refractivity contribution in [3.8, 4) is 0 Å². The first-order valence-electron chi connectivity index (χ1n) is 12.1. The van der Waals surface area contributed by atoms with Crippen molar-refractivity contribution in [3.05, 3.63) is 0 Å². The van der Waals surface area contributed by atoms with E-state index < -0.39 is 5.60 Å². The van der Waals surface area contributed by atoms with Crippen LogP contribution in [0.1, 0.15) is 111 Å². The molecule has 4 aliphatic rings. The molecule has 0 saturated heterocycles. The van der Waals surface area contributed by atoms with Crippen molar-refractivity contribution < 1.29 is 9.90 Å². The standard InChI is InChI=1S/C25H42O2/c1-4-5-6-7-13-25(27)16-15-23(2)18(17-25)8-9-19-20-10-11-22(26)24(20,3)14-12-21(19)23/h18-21,27H,4-17H2,1-3H3/t18?,19-,20-,21-,23-,24-,25+/m0/s1. The quantitative estimate of drug-likeness (QED) is 0.573. The summed E-state index contributed by atoms with van der Waals surface area (Å²) in [6.45, 7) is 7.10. The summed E-state index contributed by atoms with van der Waals surface area (Å²) in [6, 6.07) is 0. The Hall–Kier alpha value is -0.370. The maximum Gasteiger partial charge on any atom is 0.139 e. The molecule has 7 atom stereocenters. The van der Waals surface area contributed by atoms with Crippen LogP contribution in [-0.4, -0.2) is 16.5 Å². The topological polar surface area (TPSA) is 37.3 Å². The summed E-state index contributed by atoms with van der Waals surface area (Å²) in [5.41, 5.74) is 0.0157. The van der Waals surface area contributed by atoms with Gasteiger partial charge in [0.1, 0.15) is 5.78 Å². The lowest BCUT2D eigenvalue weighted by atomic mass is 9.44. The zero-order valence-corrected chi connectivity index (χ0v) is 18.1. The van der Waals surface area contributed by atoms with Gasteiger partial charge < -0.3 is 5.11 Å². The first kappa shape index (κ1) is 19.9. The van der Waals surface area contributed by atoms with Crippen molar-refractivity contribution in [1.29, 1.82) is 0 Å². The average Bonchev–Trinajstić information content (AvgIpc) is 2.95. The number of carbonyl (C=O) groups excluding carboxylic acids is 1. The highest BCUT2D eigenvalue weighted by atomic mass is 16.3. The van der Waals surface area contributed by atoms with Gasteiger partial charge in [-0.1, -0.05) is 46.5 Å². The molecule has 0 aromatic heterocycles. The summed E-state index contributed by atoms with van der Waals surface area (Å²) >= 11 is 0. The highest BCUT2D eigenvalue weighted by Gasteiger charge is 2.61. The number of rotatable bonds is 5. The van der Waals surface area contributed by atoms with Crippen molar-refractivity contribution in [3.63, 3.8) is 0 Å². The molecule has 0 heterocycles. The lowest BCUT2D eigenvalue weighted by molar-refractivity contribution is -0.155. The lowest BCUT2D eigenvalue weighted by Gasteiger charge is -2.61. The maximum absolute atomic E-state index is 12.6. The molecular formula is C25H42O2. The van der Waals surface area contributed by atoms with Gasteiger partial charge in [0.25, 0.3) is 0 Å². The van der Waals surface area contributed by atoms with E-state index in [4.69, 9.17) is 0 Å². The first-order chi connectivity index (χ1) is 12.8. The number of fused-ring (bicyclic) bond motifs is 5. The van der Waals surface area contributed by atoms with Gasteiger partial charge in [-0.2, -0.15) is 0 Å². The molecule has 4 rings (SSSR count). The molecule has 0 bridgehead atoms. The number of aliphatic hydroxyl groups is 1. The molecule has 2 heteroatoms. The van der Waals surface area contributed by atoms with Crippen molar-refractivity contribution >= 4 is 5.78 Å². The maximum atomic E-state index is 12.6. The fourth-order valence-corrected chi connectivity index (χ4v) is 8.20. The fraction of sp³-hybridized carbons (Fsp3) is 0.960. The van der Waals surface area contributed by atoms with Crippen LogP contribution in [0.5, 0.6) is 0 Å². The lowest BCUT2D eigenvalue weighted by Crippen LogP contribution is -2.56. The Bertz CT molecular complexity index is 571. The fourth-order valence-electron chi connectivity index (χ4n) is 8.20. The number of unbranched alkanes of at least 4 members (excludes halogenated alkanes) is 3. The Morgan fingerprint density at radius 2 is 1.78 bits per heavy atom. The molecule has 0 spiro atoms. The molecule has 154 valence electrons. The van der Waals surface area contributed by atoms with E-state index in [1.807, 2.05) is 0 Å². The monoisotopic (exact) mass is 374 g/mol. The zero-order chi connectivity index (χ0) is 19.3. The van der Waals surface area contributed by atoms with Gasteiger partial charge >= 0.3 is 0 Å². The number of Topliss-reactive ketones (excluding diaryl/α,β-unsaturated/α-hetero) is 1. The summed E-state index contributed by atoms with van der Waals surface area (Å²) in [6.07, 6.45) is 16.3. The van der Waals surface area contributed by atoms with Crippen LogP contribution >= 0.6 is 0 Å². The van der Waals surface area contributed by atoms with E-state index in [2.05, 4.69) is 20.8 Å². The Morgan fingerprint density at radius 3 is 2.56 bits per heavy atom. The van der Waals surface area contributed by atoms with E-state index in [1.165, 1.54) is 51.4 Å². The largest absolute Gasteiger partial charge is 0.390 e. The molecule has 0 amide bonds. The number of carbonyl (C=O) groups is 1. The van der Waals surface area contributed by atoms with Crippen LogP contribution in [0.4, 0.5) is 0 Å². The van der Waals surface area contributed by atoms with E-state index in [9.17, 15) is 9.90 Å². The summed E-state index contributed by atoms with van der Waals surface area (Å²) < 4.78 is 0. The molecule has 1 N–H and O–H groups in total. The highest BCUT2D eigenvalue weighted by Crippen LogP contribution is 2.66. The minimum Gasteiger partial charge on any atom is -0.390 e. The van der Waals surface area contributed by atoms with E-state index in [-0.39, 0.29) is 5.41 Å². The van der Waals surface area contributed by atoms with Gasteiger partial charge in [0.05, 0.1) is 5.60 Å². The second kappa shape index (κ2) is 7.15. The third kappa shape index (κ3) is 3.22. The predicted octanol–water partition coefficient (Wildman–Crippen LogP) is 6.30. The molecule has 0 aromatic rings. The molecular weight excluding hydrogens is 332 g/mol. The molecule has 1 unspecified atom stereocenters. The molecule has 4 aliphatic carbocycles. The molecule has 0 aliphatic heterocycles. The average molecular weight is 375 g/mol. The Balaban J connectivity index is 1.45. The van der Waals surface area contributed by atoms with Gasteiger partial charge in [-0.25, -0.2) is 0 Å². The van der Waals surface area contributed by atoms with E-state index in [1.54, 1.807) is 0 Å². The molecule has 4 fully saturated rings. The summed E-state index contributed by atoms with van der Waals surface area (Å²) in [5, 5.41) is 11.3. The molecule has 27 heavy (non-hydrogen) atoms. The molecule has 0 radical (unpaired) electrons. The second-order valence-electron chi connectivity index (χ2n) is 11.3. The van der Waals surface area contributed by atoms with Gasteiger partial charge in [0.15, 0.2) is 0 Å². The normalized spacial score (nSPS) is 49.4. The molecule has 2 nitrogen and oxygen atoms in total. The van der Waals surface area contributed by atoms with Crippen LogP contribution in [0, 0.1) is 34.5 Å². The van der Waals surface area contributed by atoms with Gasteiger partial charge in [0, 0.05) is 11.8 Å². The van der Waals surface area contributed by atoms with Gasteiger partial charge in [0.2, 0.25) is 0 Å². The summed E-state index contributed by atoms with van der Waals surface area (Å²) in [5.74, 6) is 3.47. The second-order valence-corrected chi connectivity index (χ2v) is 11.3. The van der Waals surface area contributed by atoms with Crippen LogP contribution in [0.25, 0.3) is 0 Å². The van der Waals surface area contributed by atoms with Crippen LogP contribution in [0.3, 0.4) is 0 Å². The minimum atomic E-state index is -0.392. The first-order valence-corrected chi connectivity index (χ1v) is 12.1. The number of hydrogen-bond acceptors (Lipinski definition) is 2. The minimum absolute atomic E-state index is 0.000948. The van der Waals surface area contributed by atoms with E-state index in [0.29, 0.717) is 23.0 Å². The van der Waals surface area contributed by atoms with Gasteiger partial charge in [-0.05, 0) is 86.9 Å². The third-order valence-corrected chi connectivity index (χ3v) is 10.0.